The third kappa shape index (κ3) is 5.17. The zero-order valence-electron chi connectivity index (χ0n) is 15.9. The van der Waals surface area contributed by atoms with Gasteiger partial charge in [-0.3, -0.25) is 14.7 Å². The van der Waals surface area contributed by atoms with Crippen LogP contribution in [0, 0.1) is 0 Å². The van der Waals surface area contributed by atoms with E-state index in [4.69, 9.17) is 17.3 Å². The average molecular weight is 470 g/mol. The number of aromatic nitrogens is 3. The molecule has 3 amide bonds. The van der Waals surface area contributed by atoms with Crippen LogP contribution in [0.25, 0.3) is 17.1 Å². The molecule has 0 aliphatic carbocycles. The van der Waals surface area contributed by atoms with Crippen molar-refractivity contribution in [1.82, 2.24) is 20.1 Å². The highest BCUT2D eigenvalue weighted by molar-refractivity contribution is 8.00. The van der Waals surface area contributed by atoms with Gasteiger partial charge in [0.1, 0.15) is 0 Å². The Morgan fingerprint density at radius 1 is 1.16 bits per heavy atom. The minimum atomic E-state index is -4.65. The maximum Gasteiger partial charge on any atom is 0.418 e. The first-order valence-electron chi connectivity index (χ1n) is 8.73. The number of amides is 3. The van der Waals surface area contributed by atoms with Gasteiger partial charge >= 0.3 is 12.2 Å². The van der Waals surface area contributed by atoms with Crippen molar-refractivity contribution in [2.75, 3.05) is 0 Å². The number of nitrogens with zero attached hydrogens (tertiary/aromatic N) is 3. The van der Waals surface area contributed by atoms with E-state index in [-0.39, 0.29) is 16.7 Å². The van der Waals surface area contributed by atoms with Gasteiger partial charge < -0.3 is 5.73 Å². The summed E-state index contributed by atoms with van der Waals surface area (Å²) in [4.78, 5) is 23.0. The SMILES string of the molecule is C[C@H](Sc1nnc(-c2cccc(Cl)c2)n1-c1ccccc1C(F)(F)F)C(=O)NC(N)=O. The summed E-state index contributed by atoms with van der Waals surface area (Å²) in [5, 5.41) is 9.43. The van der Waals surface area contributed by atoms with E-state index in [2.05, 4.69) is 10.2 Å². The van der Waals surface area contributed by atoms with Crippen molar-refractivity contribution in [3.05, 3.63) is 59.1 Å². The number of carbonyl (C=O) groups excluding carboxylic acids is 2. The Bertz CT molecular complexity index is 1140. The molecule has 1 aromatic heterocycles. The van der Waals surface area contributed by atoms with E-state index in [0.29, 0.717) is 10.6 Å². The van der Waals surface area contributed by atoms with Gasteiger partial charge in [-0.2, -0.15) is 13.2 Å². The van der Waals surface area contributed by atoms with Crippen LogP contribution in [0.2, 0.25) is 5.02 Å². The quantitative estimate of drug-likeness (QED) is 0.543. The second-order valence-electron chi connectivity index (χ2n) is 6.28. The Hall–Kier alpha value is -3.05. The Labute approximate surface area is 183 Å². The first-order chi connectivity index (χ1) is 14.6. The van der Waals surface area contributed by atoms with Crippen LogP contribution >= 0.6 is 23.4 Å². The van der Waals surface area contributed by atoms with E-state index < -0.39 is 28.9 Å². The van der Waals surface area contributed by atoms with Crippen molar-refractivity contribution in [2.24, 2.45) is 5.73 Å². The average Bonchev–Trinajstić information content (AvgIpc) is 3.10. The molecule has 0 fully saturated rings. The maximum atomic E-state index is 13.7. The van der Waals surface area contributed by atoms with Gasteiger partial charge in [0.15, 0.2) is 11.0 Å². The molecule has 2 aromatic carbocycles. The van der Waals surface area contributed by atoms with Crippen LogP contribution < -0.4 is 11.1 Å². The summed E-state index contributed by atoms with van der Waals surface area (Å²) in [6.07, 6.45) is -4.65. The lowest BCUT2D eigenvalue weighted by molar-refractivity contribution is -0.137. The van der Waals surface area contributed by atoms with E-state index in [1.54, 1.807) is 18.2 Å². The number of nitrogens with one attached hydrogen (secondary N) is 1. The first kappa shape index (κ1) is 22.6. The highest BCUT2D eigenvalue weighted by atomic mass is 35.5. The lowest BCUT2D eigenvalue weighted by Gasteiger charge is -2.17. The number of alkyl halides is 3. The van der Waals surface area contributed by atoms with E-state index in [1.807, 2.05) is 5.32 Å². The van der Waals surface area contributed by atoms with Gasteiger partial charge in [-0.1, -0.05) is 47.6 Å². The van der Waals surface area contributed by atoms with Gasteiger partial charge in [0.25, 0.3) is 0 Å². The normalized spacial score (nSPS) is 12.4. The second-order valence-corrected chi connectivity index (χ2v) is 8.02. The number of carbonyl (C=O) groups is 2. The lowest BCUT2D eigenvalue weighted by atomic mass is 10.1. The summed E-state index contributed by atoms with van der Waals surface area (Å²) in [5.74, 6) is -0.621. The molecule has 7 nitrogen and oxygen atoms in total. The molecule has 0 saturated heterocycles. The molecule has 0 aliphatic rings. The molecule has 0 aliphatic heterocycles. The third-order valence-corrected chi connectivity index (χ3v) is 5.34. The predicted molar refractivity (Wildman–Crippen MR) is 110 cm³/mol. The number of hydrogen-bond acceptors (Lipinski definition) is 5. The fourth-order valence-electron chi connectivity index (χ4n) is 2.72. The molecule has 31 heavy (non-hydrogen) atoms. The molecule has 1 atom stereocenters. The molecule has 12 heteroatoms. The lowest BCUT2D eigenvalue weighted by Crippen LogP contribution is -2.39. The van der Waals surface area contributed by atoms with Crippen LogP contribution in [0.3, 0.4) is 0 Å². The van der Waals surface area contributed by atoms with Gasteiger partial charge in [-0.25, -0.2) is 4.79 Å². The number of urea groups is 1. The number of halogens is 4. The van der Waals surface area contributed by atoms with E-state index in [1.165, 1.54) is 35.8 Å². The van der Waals surface area contributed by atoms with Crippen molar-refractivity contribution < 1.29 is 22.8 Å². The molecule has 0 saturated carbocycles. The van der Waals surface area contributed by atoms with Gasteiger partial charge in [0.05, 0.1) is 16.5 Å². The molecule has 0 radical (unpaired) electrons. The van der Waals surface area contributed by atoms with Crippen molar-refractivity contribution in [2.45, 2.75) is 23.5 Å². The number of thioether (sulfide) groups is 1. The van der Waals surface area contributed by atoms with Crippen molar-refractivity contribution in [3.63, 3.8) is 0 Å². The van der Waals surface area contributed by atoms with Gasteiger partial charge in [-0.05, 0) is 31.2 Å². The van der Waals surface area contributed by atoms with Crippen LogP contribution in [0.5, 0.6) is 0 Å². The Morgan fingerprint density at radius 2 is 1.87 bits per heavy atom. The zero-order chi connectivity index (χ0) is 22.8. The number of primary amides is 1. The summed E-state index contributed by atoms with van der Waals surface area (Å²) in [5.41, 5.74) is 4.26. The standard InChI is InChI=1S/C19H15ClF3N5O2S/c1-10(16(29)25-17(24)30)31-18-27-26-15(11-5-4-6-12(20)9-11)28(18)14-8-3-2-7-13(14)19(21,22)23/h2-10H,1H3,(H3,24,25,29,30)/t10-/m0/s1. The van der Waals surface area contributed by atoms with Crippen LogP contribution in [-0.2, 0) is 11.0 Å². The number of nitrogens with two attached hydrogens (primary N) is 1. The smallest absolute Gasteiger partial charge is 0.351 e. The van der Waals surface area contributed by atoms with E-state index in [0.717, 1.165) is 17.8 Å². The Kier molecular flexibility index (Phi) is 6.56. The molecule has 3 aromatic rings. The van der Waals surface area contributed by atoms with Crippen LogP contribution in [0.4, 0.5) is 18.0 Å². The highest BCUT2D eigenvalue weighted by Gasteiger charge is 2.35. The third-order valence-electron chi connectivity index (χ3n) is 4.06. The molecule has 1 heterocycles. The summed E-state index contributed by atoms with van der Waals surface area (Å²) in [6.45, 7) is 1.46. The summed E-state index contributed by atoms with van der Waals surface area (Å²) in [6, 6.07) is 10.3. The zero-order valence-corrected chi connectivity index (χ0v) is 17.4. The molecule has 162 valence electrons. The monoisotopic (exact) mass is 469 g/mol. The van der Waals surface area contributed by atoms with E-state index >= 15 is 0 Å². The van der Waals surface area contributed by atoms with Crippen LogP contribution in [-0.4, -0.2) is 32.0 Å². The Morgan fingerprint density at radius 3 is 2.52 bits per heavy atom. The largest absolute Gasteiger partial charge is 0.418 e. The summed E-state index contributed by atoms with van der Waals surface area (Å²) in [7, 11) is 0. The number of hydrogen-bond donors (Lipinski definition) is 2. The number of imide groups is 1. The van der Waals surface area contributed by atoms with Gasteiger partial charge in [-0.15, -0.1) is 10.2 Å². The van der Waals surface area contributed by atoms with Gasteiger partial charge in [0.2, 0.25) is 5.91 Å². The van der Waals surface area contributed by atoms with Crippen molar-refractivity contribution in [1.29, 1.82) is 0 Å². The first-order valence-corrected chi connectivity index (χ1v) is 9.98. The van der Waals surface area contributed by atoms with Crippen molar-refractivity contribution >= 4 is 35.3 Å². The molecule has 3 N–H and O–H groups in total. The highest BCUT2D eigenvalue weighted by Crippen LogP contribution is 2.38. The molecular weight excluding hydrogens is 455 g/mol. The molecule has 0 bridgehead atoms. The minimum absolute atomic E-state index is 0.0128. The summed E-state index contributed by atoms with van der Waals surface area (Å²) >= 11 is 6.86. The number of rotatable bonds is 5. The topological polar surface area (TPSA) is 103 Å². The molecule has 0 unspecified atom stereocenters. The second kappa shape index (κ2) is 8.98. The van der Waals surface area contributed by atoms with Crippen molar-refractivity contribution in [3.8, 4) is 17.1 Å². The minimum Gasteiger partial charge on any atom is -0.351 e. The number of para-hydroxylation sites is 1. The van der Waals surface area contributed by atoms with E-state index in [9.17, 15) is 22.8 Å². The fraction of sp³-hybridized carbons (Fsp3) is 0.158. The van der Waals surface area contributed by atoms with Gasteiger partial charge in [0, 0.05) is 10.6 Å². The molecule has 0 spiro atoms. The Balaban J connectivity index is 2.17. The van der Waals surface area contributed by atoms with Crippen LogP contribution in [0.15, 0.2) is 53.7 Å². The fourth-order valence-corrected chi connectivity index (χ4v) is 3.77. The predicted octanol–water partition coefficient (Wildman–Crippen LogP) is 4.28. The molecule has 3 rings (SSSR count). The molecular formula is C19H15ClF3N5O2S. The van der Waals surface area contributed by atoms with Crippen LogP contribution in [0.1, 0.15) is 12.5 Å². The maximum absolute atomic E-state index is 13.7. The number of benzene rings is 2. The summed E-state index contributed by atoms with van der Waals surface area (Å²) < 4.78 is 42.3.